The minimum atomic E-state index is -0.182. The fourth-order valence-corrected chi connectivity index (χ4v) is 2.43. The predicted molar refractivity (Wildman–Crippen MR) is 106 cm³/mol. The number of rotatable bonds is 12. The summed E-state index contributed by atoms with van der Waals surface area (Å²) in [5, 5.41) is 0. The Kier molecular flexibility index (Phi) is 8.79. The van der Waals surface area contributed by atoms with Crippen LogP contribution in [0.15, 0.2) is 61.7 Å². The van der Waals surface area contributed by atoms with E-state index in [4.69, 9.17) is 19.9 Å². The molecule has 0 aliphatic heterocycles. The molecule has 1 unspecified atom stereocenters. The first-order valence-electron chi connectivity index (χ1n) is 8.65. The van der Waals surface area contributed by atoms with Crippen LogP contribution in [-0.2, 0) is 27.4 Å². The molecule has 0 spiro atoms. The van der Waals surface area contributed by atoms with Crippen molar-refractivity contribution in [1.82, 2.24) is 0 Å². The maximum atomic E-state index is 5.95. The molecule has 0 saturated heterocycles. The van der Waals surface area contributed by atoms with Crippen molar-refractivity contribution in [3.63, 3.8) is 0 Å². The van der Waals surface area contributed by atoms with E-state index in [2.05, 4.69) is 19.2 Å². The second-order valence-corrected chi connectivity index (χ2v) is 5.88. The van der Waals surface area contributed by atoms with E-state index in [1.54, 1.807) is 0 Å². The van der Waals surface area contributed by atoms with Crippen LogP contribution in [0.4, 0.5) is 0 Å². The average molecular weight is 353 g/mol. The summed E-state index contributed by atoms with van der Waals surface area (Å²) in [5.41, 5.74) is 9.78. The maximum absolute atomic E-state index is 5.95. The summed E-state index contributed by atoms with van der Waals surface area (Å²) < 4.78 is 17.1. The Morgan fingerprint density at radius 2 is 1.58 bits per heavy atom. The molecule has 0 aliphatic carbocycles. The second kappa shape index (κ2) is 11.4. The Morgan fingerprint density at radius 3 is 2.27 bits per heavy atom. The van der Waals surface area contributed by atoms with Gasteiger partial charge in [0, 0.05) is 0 Å². The Balaban J connectivity index is 1.83. The Bertz CT molecular complexity index is 682. The van der Waals surface area contributed by atoms with Crippen molar-refractivity contribution >= 4 is 12.2 Å². The van der Waals surface area contributed by atoms with Crippen molar-refractivity contribution in [1.29, 1.82) is 0 Å². The molecule has 2 aromatic carbocycles. The first kappa shape index (κ1) is 20.1. The summed E-state index contributed by atoms with van der Waals surface area (Å²) in [5.74, 6) is 0. The fourth-order valence-electron chi connectivity index (χ4n) is 2.43. The van der Waals surface area contributed by atoms with E-state index < -0.39 is 0 Å². The zero-order valence-corrected chi connectivity index (χ0v) is 15.1. The third-order valence-electron chi connectivity index (χ3n) is 3.88. The molecule has 26 heavy (non-hydrogen) atoms. The molecule has 0 heterocycles. The van der Waals surface area contributed by atoms with Crippen molar-refractivity contribution in [2.75, 3.05) is 19.9 Å². The van der Waals surface area contributed by atoms with E-state index in [0.29, 0.717) is 26.4 Å². The van der Waals surface area contributed by atoms with E-state index in [1.165, 1.54) is 0 Å². The highest BCUT2D eigenvalue weighted by Gasteiger charge is 2.11. The maximum Gasteiger partial charge on any atom is 0.105 e. The average Bonchev–Trinajstić information content (AvgIpc) is 2.70. The number of benzene rings is 2. The van der Waals surface area contributed by atoms with Crippen LogP contribution < -0.4 is 5.73 Å². The van der Waals surface area contributed by atoms with Gasteiger partial charge in [-0.05, 0) is 28.3 Å². The van der Waals surface area contributed by atoms with Gasteiger partial charge < -0.3 is 19.9 Å². The van der Waals surface area contributed by atoms with Crippen LogP contribution in [0.1, 0.15) is 22.3 Å². The molecule has 0 fully saturated rings. The molecule has 0 radical (unpaired) electrons. The van der Waals surface area contributed by atoms with Gasteiger partial charge in [-0.15, -0.1) is 0 Å². The van der Waals surface area contributed by atoms with Crippen LogP contribution in [0.5, 0.6) is 0 Å². The van der Waals surface area contributed by atoms with Gasteiger partial charge in [0.15, 0.2) is 0 Å². The number of nitrogens with two attached hydrogens (primary N) is 1. The van der Waals surface area contributed by atoms with Gasteiger partial charge >= 0.3 is 0 Å². The summed E-state index contributed by atoms with van der Waals surface area (Å²) >= 11 is 0. The topological polar surface area (TPSA) is 53.7 Å². The molecule has 0 saturated carbocycles. The zero-order chi connectivity index (χ0) is 18.6. The Labute approximate surface area is 155 Å². The van der Waals surface area contributed by atoms with Gasteiger partial charge in [0.1, 0.15) is 6.10 Å². The van der Waals surface area contributed by atoms with Gasteiger partial charge in [-0.1, -0.05) is 67.8 Å². The minimum Gasteiger partial charge on any atom is -0.374 e. The molecule has 0 aromatic heterocycles. The molecule has 2 aromatic rings. The van der Waals surface area contributed by atoms with Crippen molar-refractivity contribution < 1.29 is 14.2 Å². The van der Waals surface area contributed by atoms with Gasteiger partial charge in [0.2, 0.25) is 0 Å². The van der Waals surface area contributed by atoms with Crippen LogP contribution in [0.2, 0.25) is 0 Å². The third kappa shape index (κ3) is 6.94. The SMILES string of the molecule is C=Cc1ccc(COCC(COCN)OCc2cccc(C=C)c2)cc1. The Morgan fingerprint density at radius 1 is 0.846 bits per heavy atom. The molecule has 1 atom stereocenters. The van der Waals surface area contributed by atoms with Gasteiger partial charge in [0.25, 0.3) is 0 Å². The quantitative estimate of drug-likeness (QED) is 0.586. The number of hydrogen-bond donors (Lipinski definition) is 1. The highest BCUT2D eigenvalue weighted by molar-refractivity contribution is 5.48. The standard InChI is InChI=1S/C22H27NO3/c1-3-18-8-10-20(11-9-18)13-24-15-22(16-25-17-23)26-14-21-7-5-6-19(4-2)12-21/h3-12,22H,1-2,13-17,23H2. The second-order valence-electron chi connectivity index (χ2n) is 5.88. The highest BCUT2D eigenvalue weighted by atomic mass is 16.6. The third-order valence-corrected chi connectivity index (χ3v) is 3.88. The lowest BCUT2D eigenvalue weighted by molar-refractivity contribution is -0.0691. The predicted octanol–water partition coefficient (Wildman–Crippen LogP) is 4.01. The molecular formula is C22H27NO3. The molecule has 0 amide bonds. The lowest BCUT2D eigenvalue weighted by Crippen LogP contribution is -2.27. The molecule has 4 heteroatoms. The van der Waals surface area contributed by atoms with Crippen LogP contribution in [0.25, 0.3) is 12.2 Å². The van der Waals surface area contributed by atoms with Crippen molar-refractivity contribution in [2.24, 2.45) is 5.73 Å². The zero-order valence-electron chi connectivity index (χ0n) is 15.1. The van der Waals surface area contributed by atoms with E-state index in [0.717, 1.165) is 22.3 Å². The van der Waals surface area contributed by atoms with E-state index in [9.17, 15) is 0 Å². The lowest BCUT2D eigenvalue weighted by Gasteiger charge is -2.18. The molecular weight excluding hydrogens is 326 g/mol. The molecule has 138 valence electrons. The first-order chi connectivity index (χ1) is 12.7. The smallest absolute Gasteiger partial charge is 0.105 e. The fraction of sp³-hybridized carbons (Fsp3) is 0.273. The summed E-state index contributed by atoms with van der Waals surface area (Å²) in [6.07, 6.45) is 3.46. The van der Waals surface area contributed by atoms with E-state index in [1.807, 2.05) is 54.6 Å². The molecule has 0 bridgehead atoms. The molecule has 4 nitrogen and oxygen atoms in total. The van der Waals surface area contributed by atoms with Crippen LogP contribution in [0.3, 0.4) is 0 Å². The molecule has 0 aliphatic rings. The highest BCUT2D eigenvalue weighted by Crippen LogP contribution is 2.11. The van der Waals surface area contributed by atoms with Gasteiger partial charge in [-0.3, -0.25) is 0 Å². The molecule has 2 N–H and O–H groups in total. The van der Waals surface area contributed by atoms with Crippen LogP contribution in [-0.4, -0.2) is 26.0 Å². The lowest BCUT2D eigenvalue weighted by atomic mass is 10.1. The van der Waals surface area contributed by atoms with Crippen molar-refractivity contribution in [3.05, 3.63) is 83.9 Å². The molecule has 2 rings (SSSR count). The number of hydrogen-bond acceptors (Lipinski definition) is 4. The van der Waals surface area contributed by atoms with E-state index in [-0.39, 0.29) is 12.8 Å². The normalized spacial score (nSPS) is 11.9. The first-order valence-corrected chi connectivity index (χ1v) is 8.65. The van der Waals surface area contributed by atoms with Gasteiger partial charge in [-0.2, -0.15) is 0 Å². The summed E-state index contributed by atoms with van der Waals surface area (Å²) in [7, 11) is 0. The van der Waals surface area contributed by atoms with Crippen LogP contribution in [0, 0.1) is 0 Å². The van der Waals surface area contributed by atoms with Gasteiger partial charge in [-0.25, -0.2) is 0 Å². The van der Waals surface area contributed by atoms with Crippen molar-refractivity contribution in [2.45, 2.75) is 19.3 Å². The largest absolute Gasteiger partial charge is 0.374 e. The minimum absolute atomic E-state index is 0.162. The van der Waals surface area contributed by atoms with Crippen LogP contribution >= 0.6 is 0 Å². The monoisotopic (exact) mass is 353 g/mol. The Hall–Kier alpha value is -2.24. The van der Waals surface area contributed by atoms with Gasteiger partial charge in [0.05, 0.1) is 33.2 Å². The summed E-state index contributed by atoms with van der Waals surface area (Å²) in [6.45, 7) is 9.54. The summed E-state index contributed by atoms with van der Waals surface area (Å²) in [6, 6.07) is 16.2. The summed E-state index contributed by atoms with van der Waals surface area (Å²) in [4.78, 5) is 0. The van der Waals surface area contributed by atoms with Crippen molar-refractivity contribution in [3.8, 4) is 0 Å². The number of ether oxygens (including phenoxy) is 3. The van der Waals surface area contributed by atoms with E-state index >= 15 is 0 Å².